The molecule has 9 heteroatoms. The van der Waals surface area contributed by atoms with Gasteiger partial charge in [0, 0.05) is 25.7 Å². The first-order valence-electron chi connectivity index (χ1n) is 8.50. The van der Waals surface area contributed by atoms with Gasteiger partial charge in [0.2, 0.25) is 0 Å². The van der Waals surface area contributed by atoms with Crippen LogP contribution in [0.5, 0.6) is 0 Å². The smallest absolute Gasteiger partial charge is 0.252 e. The lowest BCUT2D eigenvalue weighted by molar-refractivity contribution is -0.109. The molecule has 0 spiro atoms. The van der Waals surface area contributed by atoms with Gasteiger partial charge in [0.15, 0.2) is 5.12 Å². The molecule has 0 radical (unpaired) electrons. The zero-order valence-electron chi connectivity index (χ0n) is 16.0. The SMILES string of the molecule is CC.CC(=O)SCCn1cc(C(C)(C)NC(=O)c2cc(F)cc(F)c2)nn1.[HH]. The van der Waals surface area contributed by atoms with Gasteiger partial charge in [-0.15, -0.1) is 5.10 Å². The molecule has 1 aromatic heterocycles. The third-order valence-electron chi connectivity index (χ3n) is 3.36. The second-order valence-electron chi connectivity index (χ2n) is 5.94. The third-order valence-corrected chi connectivity index (χ3v) is 4.15. The van der Waals surface area contributed by atoms with E-state index in [9.17, 15) is 18.4 Å². The second kappa shape index (κ2) is 10.1. The maximum Gasteiger partial charge on any atom is 0.252 e. The molecule has 0 unspecified atom stereocenters. The number of carbonyl (C=O) groups excluding carboxylic acids is 2. The van der Waals surface area contributed by atoms with E-state index in [1.165, 1.54) is 18.7 Å². The van der Waals surface area contributed by atoms with Gasteiger partial charge in [-0.1, -0.05) is 30.8 Å². The molecular weight excluding hydrogens is 374 g/mol. The van der Waals surface area contributed by atoms with Crippen molar-refractivity contribution in [2.75, 3.05) is 5.75 Å². The lowest BCUT2D eigenvalue weighted by Gasteiger charge is -2.23. The number of halogens is 2. The summed E-state index contributed by atoms with van der Waals surface area (Å²) in [5.41, 5.74) is -0.521. The van der Waals surface area contributed by atoms with E-state index in [0.717, 1.165) is 12.1 Å². The van der Waals surface area contributed by atoms with Gasteiger partial charge in [-0.2, -0.15) is 0 Å². The Morgan fingerprint density at radius 3 is 2.37 bits per heavy atom. The van der Waals surface area contributed by atoms with Gasteiger partial charge in [0.05, 0.1) is 18.3 Å². The number of aryl methyl sites for hydroxylation is 1. The lowest BCUT2D eigenvalue weighted by atomic mass is 10.0. The molecule has 1 heterocycles. The predicted octanol–water partition coefficient (Wildman–Crippen LogP) is 3.77. The van der Waals surface area contributed by atoms with Crippen molar-refractivity contribution in [2.45, 2.75) is 46.7 Å². The van der Waals surface area contributed by atoms with Crippen LogP contribution in [0.4, 0.5) is 8.78 Å². The molecule has 2 rings (SSSR count). The summed E-state index contributed by atoms with van der Waals surface area (Å²) >= 11 is 1.19. The Bertz CT molecular complexity index is 779. The van der Waals surface area contributed by atoms with E-state index in [0.29, 0.717) is 24.1 Å². The molecule has 0 aliphatic rings. The fraction of sp³-hybridized carbons (Fsp3) is 0.444. The summed E-state index contributed by atoms with van der Waals surface area (Å²) < 4.78 is 28.1. The Balaban J connectivity index is 0.00000235. The number of nitrogens with zero attached hydrogens (tertiary/aromatic N) is 3. The molecule has 27 heavy (non-hydrogen) atoms. The quantitative estimate of drug-likeness (QED) is 0.799. The molecule has 0 saturated carbocycles. The highest BCUT2D eigenvalue weighted by molar-refractivity contribution is 8.13. The van der Waals surface area contributed by atoms with Crippen LogP contribution in [0, 0.1) is 11.6 Å². The van der Waals surface area contributed by atoms with Gasteiger partial charge in [-0.05, 0) is 26.0 Å². The highest BCUT2D eigenvalue weighted by Gasteiger charge is 2.27. The van der Waals surface area contributed by atoms with Gasteiger partial charge in [0.25, 0.3) is 5.91 Å². The van der Waals surface area contributed by atoms with Crippen LogP contribution < -0.4 is 5.32 Å². The van der Waals surface area contributed by atoms with Crippen molar-refractivity contribution in [1.29, 1.82) is 0 Å². The molecule has 2 aromatic rings. The van der Waals surface area contributed by atoms with Crippen LogP contribution in [-0.2, 0) is 16.9 Å². The highest BCUT2D eigenvalue weighted by atomic mass is 32.2. The molecule has 1 aromatic carbocycles. The van der Waals surface area contributed by atoms with E-state index >= 15 is 0 Å². The average molecular weight is 400 g/mol. The molecule has 0 bridgehead atoms. The Hall–Kier alpha value is -2.29. The Morgan fingerprint density at radius 2 is 1.81 bits per heavy atom. The van der Waals surface area contributed by atoms with Crippen LogP contribution >= 0.6 is 11.8 Å². The largest absolute Gasteiger partial charge is 0.341 e. The first-order chi connectivity index (χ1) is 12.7. The Labute approximate surface area is 163 Å². The summed E-state index contributed by atoms with van der Waals surface area (Å²) in [6.45, 7) is 9.40. The van der Waals surface area contributed by atoms with Crippen molar-refractivity contribution >= 4 is 22.8 Å². The zero-order chi connectivity index (χ0) is 20.6. The van der Waals surface area contributed by atoms with Crippen LogP contribution in [-0.4, -0.2) is 31.8 Å². The molecule has 0 atom stereocenters. The molecular formula is C18H26F2N4O2S. The number of rotatable bonds is 6. The first kappa shape index (κ1) is 22.8. The molecule has 6 nitrogen and oxygen atoms in total. The highest BCUT2D eigenvalue weighted by Crippen LogP contribution is 2.19. The van der Waals surface area contributed by atoms with Crippen molar-refractivity contribution in [3.05, 3.63) is 47.3 Å². The summed E-state index contributed by atoms with van der Waals surface area (Å²) in [7, 11) is 0. The molecule has 0 aliphatic heterocycles. The van der Waals surface area contributed by atoms with Gasteiger partial charge in [0.1, 0.15) is 17.3 Å². The molecule has 150 valence electrons. The van der Waals surface area contributed by atoms with Crippen molar-refractivity contribution in [1.82, 2.24) is 20.3 Å². The van der Waals surface area contributed by atoms with Gasteiger partial charge < -0.3 is 5.32 Å². The molecule has 0 saturated heterocycles. The summed E-state index contributed by atoms with van der Waals surface area (Å²) in [5, 5.41) is 10.7. The summed E-state index contributed by atoms with van der Waals surface area (Å²) in [4.78, 5) is 23.2. The molecule has 1 N–H and O–H groups in total. The summed E-state index contributed by atoms with van der Waals surface area (Å²) in [6.07, 6.45) is 1.66. The van der Waals surface area contributed by atoms with Gasteiger partial charge in [-0.25, -0.2) is 8.78 Å². The van der Waals surface area contributed by atoms with Crippen molar-refractivity contribution in [3.8, 4) is 0 Å². The van der Waals surface area contributed by atoms with Crippen molar-refractivity contribution < 1.29 is 19.8 Å². The lowest BCUT2D eigenvalue weighted by Crippen LogP contribution is -2.41. The number of hydrogen-bond donors (Lipinski definition) is 1. The zero-order valence-corrected chi connectivity index (χ0v) is 16.9. The Kier molecular flexibility index (Phi) is 8.55. The number of thioether (sulfide) groups is 1. The normalized spacial score (nSPS) is 10.8. The minimum Gasteiger partial charge on any atom is -0.341 e. The minimum absolute atomic E-state index is 0. The maximum atomic E-state index is 13.3. The van der Waals surface area contributed by atoms with Crippen molar-refractivity contribution in [3.63, 3.8) is 0 Å². The number of amides is 1. The molecule has 1 amide bonds. The van der Waals surface area contributed by atoms with Gasteiger partial charge >= 0.3 is 0 Å². The fourth-order valence-electron chi connectivity index (χ4n) is 2.08. The Morgan fingerprint density at radius 1 is 1.22 bits per heavy atom. The minimum atomic E-state index is -0.897. The average Bonchev–Trinajstić information content (AvgIpc) is 3.05. The first-order valence-corrected chi connectivity index (χ1v) is 9.48. The number of benzene rings is 1. The van der Waals surface area contributed by atoms with Crippen molar-refractivity contribution in [2.24, 2.45) is 0 Å². The van der Waals surface area contributed by atoms with E-state index in [2.05, 4.69) is 15.6 Å². The topological polar surface area (TPSA) is 76.9 Å². The van der Waals surface area contributed by atoms with E-state index in [4.69, 9.17) is 0 Å². The molecule has 0 fully saturated rings. The van der Waals surface area contributed by atoms with Crippen LogP contribution in [0.25, 0.3) is 0 Å². The van der Waals surface area contributed by atoms with Crippen LogP contribution in [0.1, 0.15) is 52.1 Å². The number of aromatic nitrogens is 3. The number of hydrogen-bond acceptors (Lipinski definition) is 5. The monoisotopic (exact) mass is 400 g/mol. The van der Waals surface area contributed by atoms with Crippen LogP contribution in [0.2, 0.25) is 0 Å². The van der Waals surface area contributed by atoms with Crippen LogP contribution in [0.3, 0.4) is 0 Å². The number of carbonyl (C=O) groups is 2. The summed E-state index contributed by atoms with van der Waals surface area (Å²) in [5.74, 6) is -1.70. The standard InChI is InChI=1S/C16H18F2N4O2S.C2H6.H2/c1-10(23)25-5-4-22-9-14(20-21-22)16(2,3)19-15(24)11-6-12(17)8-13(18)7-11;1-2;/h6-9H,4-5H2,1-3H3,(H,19,24);1-2H3;1H. The predicted molar refractivity (Wildman–Crippen MR) is 103 cm³/mol. The third kappa shape index (κ3) is 7.09. The van der Waals surface area contributed by atoms with E-state index < -0.39 is 23.1 Å². The fourth-order valence-corrected chi connectivity index (χ4v) is 2.65. The molecule has 0 aliphatic carbocycles. The second-order valence-corrected chi connectivity index (χ2v) is 7.22. The summed E-state index contributed by atoms with van der Waals surface area (Å²) in [6, 6.07) is 2.63. The van der Waals surface area contributed by atoms with E-state index in [-0.39, 0.29) is 12.1 Å². The van der Waals surface area contributed by atoms with Crippen LogP contribution in [0.15, 0.2) is 24.4 Å². The van der Waals surface area contributed by atoms with Gasteiger partial charge in [-0.3, -0.25) is 14.3 Å². The van der Waals surface area contributed by atoms with E-state index in [1.807, 2.05) is 13.8 Å². The number of nitrogens with one attached hydrogen (secondary N) is 1. The van der Waals surface area contributed by atoms with E-state index in [1.54, 1.807) is 24.7 Å². The maximum absolute atomic E-state index is 13.3.